The number of hydrogen-bond acceptors (Lipinski definition) is 4. The highest BCUT2D eigenvalue weighted by atomic mass is 35.5. The molecule has 2 aromatic rings. The SMILES string of the molecule is CNC(C)Cc1noc(C(C)(C)c2ccccc2Cl)n1.Cl. The highest BCUT2D eigenvalue weighted by molar-refractivity contribution is 6.31. The number of benzene rings is 1. The molecular formula is C15H21Cl2N3O. The van der Waals surface area contributed by atoms with Gasteiger partial charge in [0.05, 0.1) is 5.41 Å². The Morgan fingerprint density at radius 1 is 1.33 bits per heavy atom. The molecule has 0 aliphatic carbocycles. The van der Waals surface area contributed by atoms with Crippen molar-refractivity contribution in [1.29, 1.82) is 0 Å². The number of rotatable bonds is 5. The molecule has 0 spiro atoms. The molecule has 0 saturated carbocycles. The van der Waals surface area contributed by atoms with Crippen LogP contribution in [0, 0.1) is 0 Å². The molecule has 4 nitrogen and oxygen atoms in total. The minimum atomic E-state index is -0.410. The van der Waals surface area contributed by atoms with Crippen molar-refractivity contribution in [3.63, 3.8) is 0 Å². The summed E-state index contributed by atoms with van der Waals surface area (Å²) in [6.45, 7) is 6.15. The third kappa shape index (κ3) is 3.96. The van der Waals surface area contributed by atoms with E-state index in [1.165, 1.54) is 0 Å². The fraction of sp³-hybridized carbons (Fsp3) is 0.467. The minimum absolute atomic E-state index is 0. The first-order valence-electron chi connectivity index (χ1n) is 6.70. The lowest BCUT2D eigenvalue weighted by Gasteiger charge is -2.21. The van der Waals surface area contributed by atoms with Gasteiger partial charge in [-0.2, -0.15) is 4.98 Å². The Morgan fingerprint density at radius 3 is 2.62 bits per heavy atom. The standard InChI is InChI=1S/C15H20ClN3O.ClH/c1-10(17-4)9-13-18-14(20-19-13)15(2,3)11-7-5-6-8-12(11)16;/h5-8,10,17H,9H2,1-4H3;1H. The van der Waals surface area contributed by atoms with Crippen LogP contribution in [0.5, 0.6) is 0 Å². The Kier molecular flexibility index (Phi) is 6.20. The van der Waals surface area contributed by atoms with Gasteiger partial charge in [0.1, 0.15) is 0 Å². The summed E-state index contributed by atoms with van der Waals surface area (Å²) in [7, 11) is 1.92. The van der Waals surface area contributed by atoms with Gasteiger partial charge in [-0.1, -0.05) is 35.0 Å². The molecule has 21 heavy (non-hydrogen) atoms. The lowest BCUT2D eigenvalue weighted by molar-refractivity contribution is 0.329. The molecule has 0 aliphatic rings. The van der Waals surface area contributed by atoms with Crippen molar-refractivity contribution in [3.05, 3.63) is 46.6 Å². The molecule has 0 saturated heterocycles. The van der Waals surface area contributed by atoms with Gasteiger partial charge in [-0.25, -0.2) is 0 Å². The highest BCUT2D eigenvalue weighted by Gasteiger charge is 2.31. The maximum absolute atomic E-state index is 6.27. The van der Waals surface area contributed by atoms with E-state index < -0.39 is 5.41 Å². The van der Waals surface area contributed by atoms with E-state index in [4.69, 9.17) is 16.1 Å². The summed E-state index contributed by atoms with van der Waals surface area (Å²) in [6.07, 6.45) is 0.735. The summed E-state index contributed by atoms with van der Waals surface area (Å²) >= 11 is 6.27. The average Bonchev–Trinajstić information content (AvgIpc) is 2.88. The fourth-order valence-electron chi connectivity index (χ4n) is 2.05. The van der Waals surface area contributed by atoms with Crippen molar-refractivity contribution >= 4 is 24.0 Å². The number of halogens is 2. The minimum Gasteiger partial charge on any atom is -0.338 e. The fourth-order valence-corrected chi connectivity index (χ4v) is 2.42. The van der Waals surface area contributed by atoms with E-state index in [0.717, 1.165) is 12.0 Å². The molecule has 0 radical (unpaired) electrons. The van der Waals surface area contributed by atoms with Gasteiger partial charge in [0.25, 0.3) is 0 Å². The third-order valence-corrected chi connectivity index (χ3v) is 3.86. The van der Waals surface area contributed by atoms with Crippen LogP contribution in [0.1, 0.15) is 38.0 Å². The summed E-state index contributed by atoms with van der Waals surface area (Å²) in [4.78, 5) is 4.51. The van der Waals surface area contributed by atoms with Crippen molar-refractivity contribution in [2.24, 2.45) is 0 Å². The summed E-state index contributed by atoms with van der Waals surface area (Å²) in [5.41, 5.74) is 0.575. The number of hydrogen-bond donors (Lipinski definition) is 1. The van der Waals surface area contributed by atoms with Gasteiger partial charge in [-0.05, 0) is 39.4 Å². The Hall–Kier alpha value is -1.10. The quantitative estimate of drug-likeness (QED) is 0.910. The van der Waals surface area contributed by atoms with E-state index >= 15 is 0 Å². The molecule has 1 heterocycles. The van der Waals surface area contributed by atoms with E-state index in [-0.39, 0.29) is 12.4 Å². The van der Waals surface area contributed by atoms with Crippen LogP contribution in [0.4, 0.5) is 0 Å². The zero-order chi connectivity index (χ0) is 14.8. The predicted molar refractivity (Wildman–Crippen MR) is 87.4 cm³/mol. The molecule has 1 N–H and O–H groups in total. The third-order valence-electron chi connectivity index (χ3n) is 3.53. The maximum Gasteiger partial charge on any atom is 0.236 e. The van der Waals surface area contributed by atoms with Crippen LogP contribution < -0.4 is 5.32 Å². The summed E-state index contributed by atoms with van der Waals surface area (Å²) < 4.78 is 5.44. The van der Waals surface area contributed by atoms with Crippen LogP contribution in [0.25, 0.3) is 0 Å². The normalized spacial score (nSPS) is 12.8. The second-order valence-corrected chi connectivity index (χ2v) is 5.92. The van der Waals surface area contributed by atoms with E-state index in [9.17, 15) is 0 Å². The van der Waals surface area contributed by atoms with Gasteiger partial charge in [-0.3, -0.25) is 0 Å². The van der Waals surface area contributed by atoms with Crippen LogP contribution in [0.3, 0.4) is 0 Å². The predicted octanol–water partition coefficient (Wildman–Crippen LogP) is 3.62. The summed E-state index contributed by atoms with van der Waals surface area (Å²) in [5.74, 6) is 1.30. The van der Waals surface area contributed by atoms with Crippen molar-refractivity contribution in [3.8, 4) is 0 Å². The lowest BCUT2D eigenvalue weighted by Crippen LogP contribution is -2.24. The lowest BCUT2D eigenvalue weighted by atomic mass is 9.84. The molecule has 116 valence electrons. The van der Waals surface area contributed by atoms with Gasteiger partial charge in [0, 0.05) is 17.5 Å². The van der Waals surface area contributed by atoms with Gasteiger partial charge < -0.3 is 9.84 Å². The average molecular weight is 330 g/mol. The molecule has 6 heteroatoms. The number of nitrogens with one attached hydrogen (secondary N) is 1. The largest absolute Gasteiger partial charge is 0.338 e. The van der Waals surface area contributed by atoms with E-state index in [1.807, 2.05) is 45.2 Å². The number of likely N-dealkylation sites (N-methyl/N-ethyl adjacent to an activating group) is 1. The molecule has 0 amide bonds. The van der Waals surface area contributed by atoms with Crippen LogP contribution >= 0.6 is 24.0 Å². The molecule has 0 aliphatic heterocycles. The van der Waals surface area contributed by atoms with Crippen molar-refractivity contribution in [1.82, 2.24) is 15.5 Å². The zero-order valence-corrected chi connectivity index (χ0v) is 14.3. The maximum atomic E-state index is 6.27. The monoisotopic (exact) mass is 329 g/mol. The Bertz CT molecular complexity index is 584. The first kappa shape index (κ1) is 18.0. The first-order valence-corrected chi connectivity index (χ1v) is 7.08. The molecule has 1 aromatic heterocycles. The van der Waals surface area contributed by atoms with Crippen LogP contribution in [0.15, 0.2) is 28.8 Å². The number of nitrogens with zero attached hydrogens (tertiary/aromatic N) is 2. The molecule has 0 fully saturated rings. The Morgan fingerprint density at radius 2 is 2.00 bits per heavy atom. The van der Waals surface area contributed by atoms with E-state index in [1.54, 1.807) is 0 Å². The highest BCUT2D eigenvalue weighted by Crippen LogP contribution is 2.34. The van der Waals surface area contributed by atoms with E-state index in [0.29, 0.717) is 22.8 Å². The van der Waals surface area contributed by atoms with Gasteiger partial charge in [0.15, 0.2) is 5.82 Å². The topological polar surface area (TPSA) is 51.0 Å². The summed E-state index contributed by atoms with van der Waals surface area (Å²) in [6, 6.07) is 8.05. The van der Waals surface area contributed by atoms with Crippen molar-refractivity contribution in [2.75, 3.05) is 7.05 Å². The molecule has 0 bridgehead atoms. The van der Waals surface area contributed by atoms with Gasteiger partial charge in [-0.15, -0.1) is 12.4 Å². The molecule has 1 aromatic carbocycles. The molecule has 1 unspecified atom stereocenters. The Balaban J connectivity index is 0.00000220. The zero-order valence-electron chi connectivity index (χ0n) is 12.7. The molecule has 2 rings (SSSR count). The van der Waals surface area contributed by atoms with Gasteiger partial charge in [0.2, 0.25) is 5.89 Å². The first-order chi connectivity index (χ1) is 9.45. The van der Waals surface area contributed by atoms with Gasteiger partial charge >= 0.3 is 0 Å². The van der Waals surface area contributed by atoms with E-state index in [2.05, 4.69) is 22.4 Å². The number of aromatic nitrogens is 2. The van der Waals surface area contributed by atoms with Crippen molar-refractivity contribution < 1.29 is 4.52 Å². The Labute approximate surface area is 136 Å². The molecular weight excluding hydrogens is 309 g/mol. The second kappa shape index (κ2) is 7.25. The van der Waals surface area contributed by atoms with Crippen molar-refractivity contribution in [2.45, 2.75) is 38.6 Å². The smallest absolute Gasteiger partial charge is 0.236 e. The van der Waals surface area contributed by atoms with Crippen LogP contribution in [-0.4, -0.2) is 23.2 Å². The molecule has 1 atom stereocenters. The summed E-state index contributed by atoms with van der Waals surface area (Å²) in [5, 5.41) is 7.92. The van der Waals surface area contributed by atoms with Crippen LogP contribution in [-0.2, 0) is 11.8 Å². The second-order valence-electron chi connectivity index (χ2n) is 5.51. The van der Waals surface area contributed by atoms with Crippen LogP contribution in [0.2, 0.25) is 5.02 Å².